The summed E-state index contributed by atoms with van der Waals surface area (Å²) in [6.07, 6.45) is 5.37. The minimum absolute atomic E-state index is 0.352. The van der Waals surface area contributed by atoms with Crippen LogP contribution in [0, 0.1) is 0 Å². The standard InChI is InChI=1S/C7H4ClN3O/c8-5-1-9-7-10-6(4-12)3-11(7)2-5/h1-4H. The van der Waals surface area contributed by atoms with Gasteiger partial charge in [-0.3, -0.25) is 9.20 Å². The van der Waals surface area contributed by atoms with Crippen LogP contribution in [0.25, 0.3) is 5.78 Å². The van der Waals surface area contributed by atoms with E-state index in [0.717, 1.165) is 0 Å². The summed E-state index contributed by atoms with van der Waals surface area (Å²) in [5, 5.41) is 0.511. The first-order valence-corrected chi connectivity index (χ1v) is 3.63. The second-order valence-corrected chi connectivity index (χ2v) is 2.70. The molecular formula is C7H4ClN3O. The molecule has 2 aromatic rings. The van der Waals surface area contributed by atoms with Crippen LogP contribution < -0.4 is 0 Å². The number of imidazole rings is 1. The first kappa shape index (κ1) is 7.24. The van der Waals surface area contributed by atoms with Crippen LogP contribution in [0.5, 0.6) is 0 Å². The van der Waals surface area contributed by atoms with E-state index in [0.29, 0.717) is 22.8 Å². The molecule has 0 atom stereocenters. The predicted molar refractivity (Wildman–Crippen MR) is 43.4 cm³/mol. The molecule has 5 heteroatoms. The average Bonchev–Trinajstić information content (AvgIpc) is 2.46. The summed E-state index contributed by atoms with van der Waals surface area (Å²) in [7, 11) is 0. The van der Waals surface area contributed by atoms with Crippen molar-refractivity contribution in [2.75, 3.05) is 0 Å². The fourth-order valence-electron chi connectivity index (χ4n) is 0.935. The van der Waals surface area contributed by atoms with Gasteiger partial charge in [0.05, 0.1) is 11.2 Å². The normalized spacial score (nSPS) is 10.4. The Morgan fingerprint density at radius 2 is 2.33 bits per heavy atom. The fraction of sp³-hybridized carbons (Fsp3) is 0. The molecule has 60 valence electrons. The third kappa shape index (κ3) is 1.06. The molecule has 0 aliphatic heterocycles. The number of rotatable bonds is 1. The Balaban J connectivity index is 2.75. The number of aldehydes is 1. The topological polar surface area (TPSA) is 47.3 Å². The van der Waals surface area contributed by atoms with Crippen LogP contribution in [0.2, 0.25) is 5.02 Å². The van der Waals surface area contributed by atoms with Gasteiger partial charge >= 0.3 is 0 Å². The van der Waals surface area contributed by atoms with Crippen molar-refractivity contribution < 1.29 is 4.79 Å². The Morgan fingerprint density at radius 1 is 1.50 bits per heavy atom. The molecular weight excluding hydrogens is 178 g/mol. The highest BCUT2D eigenvalue weighted by molar-refractivity contribution is 6.30. The molecule has 0 spiro atoms. The molecule has 0 fully saturated rings. The van der Waals surface area contributed by atoms with Crippen LogP contribution >= 0.6 is 11.6 Å². The molecule has 12 heavy (non-hydrogen) atoms. The predicted octanol–water partition coefficient (Wildman–Crippen LogP) is 1.20. The summed E-state index contributed by atoms with van der Waals surface area (Å²) in [6.45, 7) is 0. The Bertz CT molecular complexity index is 437. The molecule has 2 rings (SSSR count). The van der Waals surface area contributed by atoms with Crippen molar-refractivity contribution in [1.29, 1.82) is 0 Å². The van der Waals surface area contributed by atoms with E-state index < -0.39 is 0 Å². The van der Waals surface area contributed by atoms with Crippen molar-refractivity contribution in [1.82, 2.24) is 14.4 Å². The Kier molecular flexibility index (Phi) is 1.55. The van der Waals surface area contributed by atoms with E-state index in [-0.39, 0.29) is 0 Å². The van der Waals surface area contributed by atoms with E-state index >= 15 is 0 Å². The van der Waals surface area contributed by atoms with Gasteiger partial charge in [0.1, 0.15) is 5.69 Å². The number of fused-ring (bicyclic) bond motifs is 1. The lowest BCUT2D eigenvalue weighted by molar-refractivity contribution is 0.111. The van der Waals surface area contributed by atoms with Gasteiger partial charge in [0, 0.05) is 12.4 Å². The van der Waals surface area contributed by atoms with Crippen LogP contribution in [-0.2, 0) is 0 Å². The zero-order valence-electron chi connectivity index (χ0n) is 5.94. The number of carbonyl (C=O) groups excluding carboxylic acids is 1. The monoisotopic (exact) mass is 181 g/mol. The molecule has 0 radical (unpaired) electrons. The molecule has 0 aliphatic rings. The minimum atomic E-state index is 0.352. The average molecular weight is 182 g/mol. The van der Waals surface area contributed by atoms with Gasteiger partial charge in [0.15, 0.2) is 6.29 Å². The summed E-state index contributed by atoms with van der Waals surface area (Å²) < 4.78 is 1.60. The largest absolute Gasteiger partial charge is 0.296 e. The highest BCUT2D eigenvalue weighted by Gasteiger charge is 2.00. The summed E-state index contributed by atoms with van der Waals surface area (Å²) in [5.41, 5.74) is 0.352. The molecule has 0 aromatic carbocycles. The first-order valence-electron chi connectivity index (χ1n) is 3.25. The van der Waals surface area contributed by atoms with Gasteiger partial charge in [-0.05, 0) is 0 Å². The van der Waals surface area contributed by atoms with Gasteiger partial charge < -0.3 is 0 Å². The maximum Gasteiger partial charge on any atom is 0.234 e. The maximum atomic E-state index is 10.3. The second kappa shape index (κ2) is 2.57. The Morgan fingerprint density at radius 3 is 3.08 bits per heavy atom. The van der Waals surface area contributed by atoms with E-state index in [2.05, 4.69) is 9.97 Å². The van der Waals surface area contributed by atoms with Crippen molar-refractivity contribution in [2.45, 2.75) is 0 Å². The van der Waals surface area contributed by atoms with Crippen molar-refractivity contribution in [3.8, 4) is 0 Å². The molecule has 0 saturated carbocycles. The summed E-state index contributed by atoms with van der Waals surface area (Å²) in [4.78, 5) is 18.1. The lowest BCUT2D eigenvalue weighted by atomic mass is 10.5. The van der Waals surface area contributed by atoms with E-state index in [4.69, 9.17) is 11.6 Å². The summed E-state index contributed by atoms with van der Waals surface area (Å²) >= 11 is 5.67. The molecule has 0 amide bonds. The van der Waals surface area contributed by atoms with Crippen molar-refractivity contribution in [2.24, 2.45) is 0 Å². The molecule has 2 heterocycles. The van der Waals surface area contributed by atoms with Crippen LogP contribution in [-0.4, -0.2) is 20.7 Å². The van der Waals surface area contributed by atoms with Crippen LogP contribution in [0.3, 0.4) is 0 Å². The number of aromatic nitrogens is 3. The van der Waals surface area contributed by atoms with Crippen molar-refractivity contribution >= 4 is 23.7 Å². The van der Waals surface area contributed by atoms with Crippen LogP contribution in [0.4, 0.5) is 0 Å². The molecule has 0 N–H and O–H groups in total. The SMILES string of the molecule is O=Cc1cn2cc(Cl)cnc2n1. The maximum absolute atomic E-state index is 10.3. The second-order valence-electron chi connectivity index (χ2n) is 2.26. The van der Waals surface area contributed by atoms with E-state index in [1.165, 1.54) is 6.20 Å². The highest BCUT2D eigenvalue weighted by atomic mass is 35.5. The van der Waals surface area contributed by atoms with Crippen LogP contribution in [0.1, 0.15) is 10.5 Å². The summed E-state index contributed by atoms with van der Waals surface area (Å²) in [5.74, 6) is 0.474. The van der Waals surface area contributed by atoms with Gasteiger partial charge in [-0.15, -0.1) is 0 Å². The van der Waals surface area contributed by atoms with Crippen molar-refractivity contribution in [3.05, 3.63) is 29.3 Å². The minimum Gasteiger partial charge on any atom is -0.296 e. The molecule has 4 nitrogen and oxygen atoms in total. The van der Waals surface area contributed by atoms with Crippen molar-refractivity contribution in [3.63, 3.8) is 0 Å². The fourth-order valence-corrected chi connectivity index (χ4v) is 1.09. The number of halogens is 1. The third-order valence-corrected chi connectivity index (χ3v) is 1.61. The zero-order valence-corrected chi connectivity index (χ0v) is 6.69. The molecule has 0 aliphatic carbocycles. The quantitative estimate of drug-likeness (QED) is 0.621. The van der Waals surface area contributed by atoms with Gasteiger partial charge in [-0.1, -0.05) is 11.6 Å². The van der Waals surface area contributed by atoms with E-state index in [9.17, 15) is 4.79 Å². The van der Waals surface area contributed by atoms with Gasteiger partial charge in [-0.2, -0.15) is 0 Å². The van der Waals surface area contributed by atoms with Gasteiger partial charge in [-0.25, -0.2) is 9.97 Å². The smallest absolute Gasteiger partial charge is 0.234 e. The van der Waals surface area contributed by atoms with Crippen LogP contribution in [0.15, 0.2) is 18.6 Å². The lowest BCUT2D eigenvalue weighted by Gasteiger charge is -1.90. The molecule has 0 unspecified atom stereocenters. The van der Waals surface area contributed by atoms with E-state index in [1.807, 2.05) is 0 Å². The van der Waals surface area contributed by atoms with E-state index in [1.54, 1.807) is 16.8 Å². The number of hydrogen-bond donors (Lipinski definition) is 0. The molecule has 0 saturated heterocycles. The number of carbonyl (C=O) groups is 1. The summed E-state index contributed by atoms with van der Waals surface area (Å²) in [6, 6.07) is 0. The van der Waals surface area contributed by atoms with Gasteiger partial charge in [0.2, 0.25) is 5.78 Å². The first-order chi connectivity index (χ1) is 5.79. The highest BCUT2D eigenvalue weighted by Crippen LogP contribution is 2.07. The molecule has 2 aromatic heterocycles. The number of hydrogen-bond acceptors (Lipinski definition) is 3. The van der Waals surface area contributed by atoms with Gasteiger partial charge in [0.25, 0.3) is 0 Å². The Hall–Kier alpha value is -1.42. The Labute approximate surface area is 72.8 Å². The zero-order chi connectivity index (χ0) is 8.55. The number of nitrogens with zero attached hydrogens (tertiary/aromatic N) is 3. The third-order valence-electron chi connectivity index (χ3n) is 1.42. The molecule has 0 bridgehead atoms. The lowest BCUT2D eigenvalue weighted by Crippen LogP contribution is -1.85.